The van der Waals surface area contributed by atoms with Gasteiger partial charge in [-0.15, -0.1) is 0 Å². The van der Waals surface area contributed by atoms with Gasteiger partial charge in [-0.2, -0.15) is 5.10 Å². The third-order valence-electron chi connectivity index (χ3n) is 4.33. The van der Waals surface area contributed by atoms with Gasteiger partial charge in [-0.05, 0) is 25.5 Å². The minimum Gasteiger partial charge on any atom is -0.465 e. The van der Waals surface area contributed by atoms with E-state index in [4.69, 9.17) is 26.2 Å². The van der Waals surface area contributed by atoms with Crippen molar-refractivity contribution in [3.05, 3.63) is 53.4 Å². The number of nitrogens with zero attached hydrogens (tertiary/aromatic N) is 3. The molecule has 0 N–H and O–H groups in total. The van der Waals surface area contributed by atoms with Crippen LogP contribution in [0.15, 0.2) is 42.6 Å². The lowest BCUT2D eigenvalue weighted by Crippen LogP contribution is -2.32. The van der Waals surface area contributed by atoms with Crippen LogP contribution in [-0.2, 0) is 4.74 Å². The number of rotatable bonds is 3. The standard InChI is InChI=1S/C18H18ClN3O2/c1-12-15-4-2-3-5-16(15)22(21-12)13-7-9-23-18(10-13)24-14-6-8-20-17(19)11-14/h2-6,8,11,13,18H,7,9-10H2,1H3. The molecule has 6 heteroatoms. The Morgan fingerprint density at radius 2 is 2.17 bits per heavy atom. The molecule has 24 heavy (non-hydrogen) atoms. The lowest BCUT2D eigenvalue weighted by Gasteiger charge is -2.30. The molecule has 2 unspecified atom stereocenters. The zero-order valence-electron chi connectivity index (χ0n) is 13.4. The second-order valence-electron chi connectivity index (χ2n) is 5.96. The maximum Gasteiger partial charge on any atom is 0.201 e. The first-order valence-corrected chi connectivity index (χ1v) is 8.42. The summed E-state index contributed by atoms with van der Waals surface area (Å²) in [6.45, 7) is 2.69. The lowest BCUT2D eigenvalue weighted by molar-refractivity contribution is -0.119. The zero-order chi connectivity index (χ0) is 16.5. The van der Waals surface area contributed by atoms with Gasteiger partial charge in [-0.1, -0.05) is 29.8 Å². The number of fused-ring (bicyclic) bond motifs is 1. The van der Waals surface area contributed by atoms with Crippen LogP contribution in [0.1, 0.15) is 24.6 Å². The summed E-state index contributed by atoms with van der Waals surface area (Å²) in [4.78, 5) is 3.96. The fraction of sp³-hybridized carbons (Fsp3) is 0.333. The van der Waals surface area contributed by atoms with E-state index in [9.17, 15) is 0 Å². The van der Waals surface area contributed by atoms with Crippen molar-refractivity contribution in [2.24, 2.45) is 0 Å². The van der Waals surface area contributed by atoms with Crippen molar-refractivity contribution in [1.29, 1.82) is 0 Å². The fourth-order valence-electron chi connectivity index (χ4n) is 3.18. The summed E-state index contributed by atoms with van der Waals surface area (Å²) in [7, 11) is 0. The molecule has 3 aromatic rings. The molecule has 0 radical (unpaired) electrons. The van der Waals surface area contributed by atoms with Gasteiger partial charge in [0, 0.05) is 24.1 Å². The van der Waals surface area contributed by atoms with Crippen molar-refractivity contribution in [3.8, 4) is 5.75 Å². The number of aryl methyl sites for hydroxylation is 1. The number of benzene rings is 1. The Kier molecular flexibility index (Phi) is 4.12. The van der Waals surface area contributed by atoms with Crippen LogP contribution in [0, 0.1) is 6.92 Å². The molecule has 0 bridgehead atoms. The summed E-state index contributed by atoms with van der Waals surface area (Å²) >= 11 is 5.91. The molecular weight excluding hydrogens is 326 g/mol. The molecule has 1 aliphatic rings. The normalized spacial score (nSPS) is 21.1. The molecule has 1 saturated heterocycles. The van der Waals surface area contributed by atoms with Crippen LogP contribution in [0.2, 0.25) is 5.15 Å². The highest BCUT2D eigenvalue weighted by atomic mass is 35.5. The molecule has 1 fully saturated rings. The van der Waals surface area contributed by atoms with Gasteiger partial charge in [0.25, 0.3) is 0 Å². The maximum absolute atomic E-state index is 5.92. The second kappa shape index (κ2) is 6.42. The fourth-order valence-corrected chi connectivity index (χ4v) is 3.35. The molecule has 2 atom stereocenters. The monoisotopic (exact) mass is 343 g/mol. The summed E-state index contributed by atoms with van der Waals surface area (Å²) in [5, 5.41) is 6.35. The highest BCUT2D eigenvalue weighted by Gasteiger charge is 2.27. The molecule has 0 aliphatic carbocycles. The summed E-state index contributed by atoms with van der Waals surface area (Å²) in [5.74, 6) is 0.669. The van der Waals surface area contributed by atoms with E-state index in [1.165, 1.54) is 5.39 Å². The van der Waals surface area contributed by atoms with Gasteiger partial charge in [0.05, 0.1) is 23.9 Å². The van der Waals surface area contributed by atoms with Gasteiger partial charge in [0.1, 0.15) is 10.9 Å². The first kappa shape index (κ1) is 15.4. The Morgan fingerprint density at radius 3 is 3.04 bits per heavy atom. The van der Waals surface area contributed by atoms with Crippen LogP contribution in [0.4, 0.5) is 0 Å². The van der Waals surface area contributed by atoms with Crippen molar-refractivity contribution in [2.75, 3.05) is 6.61 Å². The third kappa shape index (κ3) is 2.97. The van der Waals surface area contributed by atoms with E-state index in [0.29, 0.717) is 17.5 Å². The minimum atomic E-state index is -0.314. The van der Waals surface area contributed by atoms with Gasteiger partial charge in [0.2, 0.25) is 6.29 Å². The van der Waals surface area contributed by atoms with Crippen LogP contribution in [-0.4, -0.2) is 27.7 Å². The number of hydrogen-bond acceptors (Lipinski definition) is 4. The molecule has 5 nitrogen and oxygen atoms in total. The molecule has 0 saturated carbocycles. The Labute approximate surface area is 145 Å². The Hall–Kier alpha value is -2.11. The van der Waals surface area contributed by atoms with Gasteiger partial charge < -0.3 is 9.47 Å². The molecule has 0 amide bonds. The molecule has 3 heterocycles. The van der Waals surface area contributed by atoms with Crippen molar-refractivity contribution < 1.29 is 9.47 Å². The zero-order valence-corrected chi connectivity index (χ0v) is 14.1. The molecule has 1 aromatic carbocycles. The largest absolute Gasteiger partial charge is 0.465 e. The van der Waals surface area contributed by atoms with Gasteiger partial charge in [-0.3, -0.25) is 4.68 Å². The van der Waals surface area contributed by atoms with E-state index < -0.39 is 0 Å². The number of para-hydroxylation sites is 1. The van der Waals surface area contributed by atoms with E-state index in [2.05, 4.69) is 21.8 Å². The van der Waals surface area contributed by atoms with Crippen LogP contribution in [0.5, 0.6) is 5.75 Å². The Balaban J connectivity index is 1.56. The van der Waals surface area contributed by atoms with E-state index in [1.807, 2.05) is 19.1 Å². The summed E-state index contributed by atoms with van der Waals surface area (Å²) in [5.41, 5.74) is 2.21. The highest BCUT2D eigenvalue weighted by molar-refractivity contribution is 6.29. The van der Waals surface area contributed by atoms with Crippen LogP contribution in [0.3, 0.4) is 0 Å². The van der Waals surface area contributed by atoms with Gasteiger partial charge in [0.15, 0.2) is 0 Å². The van der Waals surface area contributed by atoms with E-state index in [0.717, 1.165) is 24.1 Å². The number of ether oxygens (including phenoxy) is 2. The number of hydrogen-bond donors (Lipinski definition) is 0. The van der Waals surface area contributed by atoms with Gasteiger partial charge >= 0.3 is 0 Å². The average Bonchev–Trinajstić information content (AvgIpc) is 2.93. The molecule has 4 rings (SSSR count). The van der Waals surface area contributed by atoms with Crippen LogP contribution < -0.4 is 4.74 Å². The molecule has 1 aliphatic heterocycles. The first-order chi connectivity index (χ1) is 11.7. The van der Waals surface area contributed by atoms with Crippen LogP contribution >= 0.6 is 11.6 Å². The summed E-state index contributed by atoms with van der Waals surface area (Å²) < 4.78 is 13.8. The molecule has 2 aromatic heterocycles. The summed E-state index contributed by atoms with van der Waals surface area (Å²) in [6.07, 6.45) is 2.97. The van der Waals surface area contributed by atoms with Crippen molar-refractivity contribution in [2.45, 2.75) is 32.1 Å². The average molecular weight is 344 g/mol. The predicted octanol–water partition coefficient (Wildman–Crippen LogP) is 4.15. The SMILES string of the molecule is Cc1nn(C2CCOC(Oc3ccnc(Cl)c3)C2)c2ccccc12. The van der Waals surface area contributed by atoms with Gasteiger partial charge in [-0.25, -0.2) is 4.98 Å². The quantitative estimate of drug-likeness (QED) is 0.670. The molecular formula is C18H18ClN3O2. The predicted molar refractivity (Wildman–Crippen MR) is 92.4 cm³/mol. The van der Waals surface area contributed by atoms with Crippen LogP contribution in [0.25, 0.3) is 10.9 Å². The first-order valence-electron chi connectivity index (χ1n) is 8.04. The Bertz CT molecular complexity index is 864. The van der Waals surface area contributed by atoms with E-state index in [1.54, 1.807) is 18.3 Å². The second-order valence-corrected chi connectivity index (χ2v) is 6.35. The smallest absolute Gasteiger partial charge is 0.201 e. The highest BCUT2D eigenvalue weighted by Crippen LogP contribution is 2.30. The van der Waals surface area contributed by atoms with Crippen molar-refractivity contribution >= 4 is 22.5 Å². The van der Waals surface area contributed by atoms with E-state index >= 15 is 0 Å². The topological polar surface area (TPSA) is 49.2 Å². The third-order valence-corrected chi connectivity index (χ3v) is 4.54. The number of pyridine rings is 1. The maximum atomic E-state index is 5.92. The molecule has 0 spiro atoms. The number of aromatic nitrogens is 3. The molecule has 124 valence electrons. The number of halogens is 1. The lowest BCUT2D eigenvalue weighted by atomic mass is 10.1. The van der Waals surface area contributed by atoms with Crippen molar-refractivity contribution in [3.63, 3.8) is 0 Å². The van der Waals surface area contributed by atoms with E-state index in [-0.39, 0.29) is 12.3 Å². The Morgan fingerprint density at radius 1 is 1.29 bits per heavy atom. The summed E-state index contributed by atoms with van der Waals surface area (Å²) in [6, 6.07) is 12.0. The minimum absolute atomic E-state index is 0.250. The van der Waals surface area contributed by atoms with Crippen molar-refractivity contribution in [1.82, 2.24) is 14.8 Å².